The number of hydrogen-bond donors (Lipinski definition) is 1. The SMILES string of the molecule is O=S1(=O)CCC[C@@H]2CNC[C@@H]21. The van der Waals surface area contributed by atoms with Gasteiger partial charge in [-0.2, -0.15) is 0 Å². The van der Waals surface area contributed by atoms with E-state index in [1.165, 1.54) is 0 Å². The molecule has 2 saturated heterocycles. The van der Waals surface area contributed by atoms with Gasteiger partial charge in [-0.3, -0.25) is 0 Å². The zero-order valence-corrected chi connectivity index (χ0v) is 7.23. The summed E-state index contributed by atoms with van der Waals surface area (Å²) in [6.07, 6.45) is 1.96. The Morgan fingerprint density at radius 3 is 2.82 bits per heavy atom. The topological polar surface area (TPSA) is 46.2 Å². The van der Waals surface area contributed by atoms with Gasteiger partial charge >= 0.3 is 0 Å². The minimum atomic E-state index is -2.72. The van der Waals surface area contributed by atoms with E-state index in [0.717, 1.165) is 19.4 Å². The Kier molecular flexibility index (Phi) is 1.68. The highest BCUT2D eigenvalue weighted by molar-refractivity contribution is 7.92. The van der Waals surface area contributed by atoms with Gasteiger partial charge in [0.1, 0.15) is 0 Å². The van der Waals surface area contributed by atoms with Crippen LogP contribution < -0.4 is 5.32 Å². The molecule has 2 fully saturated rings. The highest BCUT2D eigenvalue weighted by Crippen LogP contribution is 2.28. The lowest BCUT2D eigenvalue weighted by Crippen LogP contribution is -2.35. The van der Waals surface area contributed by atoms with E-state index in [0.29, 0.717) is 18.2 Å². The van der Waals surface area contributed by atoms with E-state index in [9.17, 15) is 8.42 Å². The molecular weight excluding hydrogens is 162 g/mol. The first-order valence-electron chi connectivity index (χ1n) is 4.12. The maximum Gasteiger partial charge on any atom is 0.154 e. The molecule has 1 N–H and O–H groups in total. The molecule has 2 rings (SSSR count). The van der Waals surface area contributed by atoms with Crippen LogP contribution in [0.2, 0.25) is 0 Å². The molecule has 0 aromatic rings. The summed E-state index contributed by atoms with van der Waals surface area (Å²) < 4.78 is 22.8. The van der Waals surface area contributed by atoms with Gasteiger partial charge in [-0.1, -0.05) is 0 Å². The molecule has 2 aliphatic rings. The third kappa shape index (κ3) is 1.18. The Balaban J connectivity index is 2.26. The fraction of sp³-hybridized carbons (Fsp3) is 1.00. The van der Waals surface area contributed by atoms with Crippen molar-refractivity contribution in [1.82, 2.24) is 5.32 Å². The normalized spacial score (nSPS) is 41.8. The van der Waals surface area contributed by atoms with Crippen LogP contribution in [-0.2, 0) is 9.84 Å². The number of rotatable bonds is 0. The molecule has 2 heterocycles. The zero-order chi connectivity index (χ0) is 7.90. The van der Waals surface area contributed by atoms with Crippen molar-refractivity contribution in [3.8, 4) is 0 Å². The highest BCUT2D eigenvalue weighted by Gasteiger charge is 2.39. The van der Waals surface area contributed by atoms with E-state index in [2.05, 4.69) is 5.32 Å². The molecular formula is C7H13NO2S. The van der Waals surface area contributed by atoms with Gasteiger partial charge in [0.15, 0.2) is 9.84 Å². The van der Waals surface area contributed by atoms with E-state index >= 15 is 0 Å². The van der Waals surface area contributed by atoms with Gasteiger partial charge in [0.05, 0.1) is 11.0 Å². The second-order valence-electron chi connectivity index (χ2n) is 3.47. The highest BCUT2D eigenvalue weighted by atomic mass is 32.2. The van der Waals surface area contributed by atoms with Crippen LogP contribution in [0.5, 0.6) is 0 Å². The number of sulfone groups is 1. The van der Waals surface area contributed by atoms with Crippen molar-refractivity contribution in [3.05, 3.63) is 0 Å². The van der Waals surface area contributed by atoms with Crippen LogP contribution in [0.1, 0.15) is 12.8 Å². The summed E-state index contributed by atoms with van der Waals surface area (Å²) in [4.78, 5) is 0. The average molecular weight is 175 g/mol. The first-order valence-corrected chi connectivity index (χ1v) is 5.84. The molecule has 0 saturated carbocycles. The van der Waals surface area contributed by atoms with Crippen molar-refractivity contribution in [2.75, 3.05) is 18.8 Å². The lowest BCUT2D eigenvalue weighted by atomic mass is 10.0. The number of nitrogens with one attached hydrogen (secondary N) is 1. The van der Waals surface area contributed by atoms with Gasteiger partial charge in [0.2, 0.25) is 0 Å². The Hall–Kier alpha value is -0.0900. The minimum Gasteiger partial charge on any atom is -0.315 e. The summed E-state index contributed by atoms with van der Waals surface area (Å²) in [5.74, 6) is 0.823. The van der Waals surface area contributed by atoms with Crippen molar-refractivity contribution < 1.29 is 8.42 Å². The lowest BCUT2D eigenvalue weighted by molar-refractivity contribution is 0.477. The molecule has 64 valence electrons. The quantitative estimate of drug-likeness (QED) is 0.554. The minimum absolute atomic E-state index is 0.0590. The Bertz CT molecular complexity index is 247. The third-order valence-electron chi connectivity index (χ3n) is 2.74. The maximum absolute atomic E-state index is 11.4. The van der Waals surface area contributed by atoms with Gasteiger partial charge < -0.3 is 5.32 Å². The van der Waals surface area contributed by atoms with Crippen molar-refractivity contribution in [2.45, 2.75) is 18.1 Å². The van der Waals surface area contributed by atoms with Crippen molar-refractivity contribution in [3.63, 3.8) is 0 Å². The molecule has 2 atom stereocenters. The third-order valence-corrected chi connectivity index (χ3v) is 5.07. The van der Waals surface area contributed by atoms with Gasteiger partial charge in [-0.25, -0.2) is 8.42 Å². The van der Waals surface area contributed by atoms with Gasteiger partial charge in [0.25, 0.3) is 0 Å². The fourth-order valence-corrected chi connectivity index (χ4v) is 4.18. The van der Waals surface area contributed by atoms with Crippen LogP contribution in [0.25, 0.3) is 0 Å². The molecule has 4 heteroatoms. The monoisotopic (exact) mass is 175 g/mol. The van der Waals surface area contributed by atoms with E-state index in [1.807, 2.05) is 0 Å². The Morgan fingerprint density at radius 1 is 1.27 bits per heavy atom. The second kappa shape index (κ2) is 2.45. The summed E-state index contributed by atoms with van der Waals surface area (Å²) in [6.45, 7) is 1.59. The molecule has 0 radical (unpaired) electrons. The summed E-state index contributed by atoms with van der Waals surface area (Å²) in [7, 11) is -2.72. The predicted molar refractivity (Wildman–Crippen MR) is 43.2 cm³/mol. The molecule has 0 aromatic carbocycles. The largest absolute Gasteiger partial charge is 0.315 e. The van der Waals surface area contributed by atoms with E-state index < -0.39 is 9.84 Å². The smallest absolute Gasteiger partial charge is 0.154 e. The molecule has 11 heavy (non-hydrogen) atoms. The van der Waals surface area contributed by atoms with E-state index in [1.54, 1.807) is 0 Å². The number of hydrogen-bond acceptors (Lipinski definition) is 3. The molecule has 2 aliphatic heterocycles. The Morgan fingerprint density at radius 2 is 2.09 bits per heavy atom. The molecule has 0 aromatic heterocycles. The standard InChI is InChI=1S/C7H13NO2S/c9-11(10)3-1-2-6-4-8-5-7(6)11/h6-8H,1-5H2/t6-,7+/m1/s1. The molecule has 0 amide bonds. The second-order valence-corrected chi connectivity index (χ2v) is 5.81. The first kappa shape index (κ1) is 7.55. The van der Waals surface area contributed by atoms with Gasteiger partial charge in [-0.05, 0) is 25.3 Å². The summed E-state index contributed by atoms with van der Waals surface area (Å²) in [5.41, 5.74) is 0. The average Bonchev–Trinajstić information content (AvgIpc) is 2.34. The first-order chi connectivity index (χ1) is 5.20. The van der Waals surface area contributed by atoms with Crippen LogP contribution in [0.4, 0.5) is 0 Å². The lowest BCUT2D eigenvalue weighted by Gasteiger charge is -2.23. The fourth-order valence-electron chi connectivity index (χ4n) is 2.12. The zero-order valence-electron chi connectivity index (χ0n) is 6.41. The van der Waals surface area contributed by atoms with Crippen LogP contribution in [0, 0.1) is 5.92 Å². The van der Waals surface area contributed by atoms with E-state index in [4.69, 9.17) is 0 Å². The molecule has 3 nitrogen and oxygen atoms in total. The van der Waals surface area contributed by atoms with Gasteiger partial charge in [0, 0.05) is 6.54 Å². The summed E-state index contributed by atoms with van der Waals surface area (Å²) in [5, 5.41) is 3.08. The van der Waals surface area contributed by atoms with Crippen molar-refractivity contribution in [1.29, 1.82) is 0 Å². The van der Waals surface area contributed by atoms with Crippen LogP contribution in [0.15, 0.2) is 0 Å². The Labute approximate surface area is 67.1 Å². The molecule has 0 spiro atoms. The van der Waals surface area contributed by atoms with Crippen molar-refractivity contribution >= 4 is 9.84 Å². The van der Waals surface area contributed by atoms with Crippen LogP contribution >= 0.6 is 0 Å². The maximum atomic E-state index is 11.4. The molecule has 0 unspecified atom stereocenters. The van der Waals surface area contributed by atoms with Gasteiger partial charge in [-0.15, -0.1) is 0 Å². The van der Waals surface area contributed by atoms with E-state index in [-0.39, 0.29) is 5.25 Å². The van der Waals surface area contributed by atoms with Crippen LogP contribution in [-0.4, -0.2) is 32.5 Å². The predicted octanol–water partition coefficient (Wildman–Crippen LogP) is -0.217. The molecule has 0 aliphatic carbocycles. The number of fused-ring (bicyclic) bond motifs is 1. The van der Waals surface area contributed by atoms with Crippen LogP contribution in [0.3, 0.4) is 0 Å². The summed E-state index contributed by atoms with van der Waals surface area (Å²) in [6, 6.07) is 0. The van der Waals surface area contributed by atoms with Crippen molar-refractivity contribution in [2.24, 2.45) is 5.92 Å². The molecule has 0 bridgehead atoms. The summed E-state index contributed by atoms with van der Waals surface area (Å²) >= 11 is 0.